The minimum Gasteiger partial charge on any atom is -0.0518 e. The van der Waals surface area contributed by atoms with Crippen molar-refractivity contribution in [3.63, 3.8) is 0 Å². The average Bonchev–Trinajstić information content (AvgIpc) is 0.722. The highest BCUT2D eigenvalue weighted by molar-refractivity contribution is 8.50. The molecule has 0 amide bonds. The minimum atomic E-state index is -2.39. The summed E-state index contributed by atoms with van der Waals surface area (Å²) < 4.78 is -2.39. The highest BCUT2D eigenvalue weighted by Crippen LogP contribution is 2.61. The number of hydrogen-bond acceptors (Lipinski definition) is 1. The zero-order valence-corrected chi connectivity index (χ0v) is 5.97. The molecule has 5 heteroatoms. The van der Waals surface area contributed by atoms with Crippen LogP contribution >= 0.6 is 37.8 Å². The summed E-state index contributed by atoms with van der Waals surface area (Å²) in [5, 5.41) is 0. The van der Waals surface area contributed by atoms with E-state index in [-0.39, 0.29) is 0 Å². The van der Waals surface area contributed by atoms with E-state index in [0.29, 0.717) is 0 Å². The van der Waals surface area contributed by atoms with Crippen LogP contribution in [0, 0.1) is 0 Å². The Morgan fingerprint density at radius 1 is 1.20 bits per heavy atom. The Kier molecular flexibility index (Phi) is 2.60. The van der Waals surface area contributed by atoms with Crippen LogP contribution in [0.3, 0.4) is 0 Å². The summed E-state index contributed by atoms with van der Waals surface area (Å²) >= 11 is 19.2. The van der Waals surface area contributed by atoms with E-state index < -0.39 is 4.10 Å². The van der Waals surface area contributed by atoms with E-state index in [2.05, 4.69) is 11.8 Å². The van der Waals surface area contributed by atoms with Crippen molar-refractivity contribution in [2.45, 2.75) is 0 Å². The van der Waals surface area contributed by atoms with Crippen LogP contribution in [0.2, 0.25) is 0 Å². The van der Waals surface area contributed by atoms with Gasteiger partial charge >= 0.3 is 0 Å². The normalized spacial score (nSPS) is 11.8. The van der Waals surface area contributed by atoms with Crippen molar-refractivity contribution >= 4 is 49.6 Å². The summed E-state index contributed by atoms with van der Waals surface area (Å²) in [5.41, 5.74) is 0. The van der Waals surface area contributed by atoms with E-state index in [1.165, 1.54) is 0 Å². The van der Waals surface area contributed by atoms with Crippen molar-refractivity contribution in [1.82, 2.24) is 0 Å². The molecule has 0 spiro atoms. The van der Waals surface area contributed by atoms with Crippen LogP contribution in [0.15, 0.2) is 0 Å². The lowest BCUT2D eigenvalue weighted by Crippen LogP contribution is -1.17. The summed E-state index contributed by atoms with van der Waals surface area (Å²) in [6.07, 6.45) is 0. The first-order chi connectivity index (χ1) is 2.00. The molecule has 0 bridgehead atoms. The summed E-state index contributed by atoms with van der Waals surface area (Å²) in [7, 11) is 0. The van der Waals surface area contributed by atoms with E-state index >= 15 is 0 Å². The molecule has 0 saturated heterocycles. The lowest BCUT2D eigenvalue weighted by Gasteiger charge is -1.80. The van der Waals surface area contributed by atoms with Crippen LogP contribution in [0.5, 0.6) is 0 Å². The number of hydrogen-bond donors (Lipinski definition) is 0. The number of rotatable bonds is 0. The molecule has 0 N–H and O–H groups in total. The highest BCUT2D eigenvalue weighted by Gasteiger charge is 1.95. The van der Waals surface area contributed by atoms with Gasteiger partial charge in [-0.05, 0) is 11.8 Å². The second-order valence-corrected chi connectivity index (χ2v) is 10.8. The molecule has 0 aromatic carbocycles. The fraction of sp³-hybridized carbons (Fsp3) is 0. The van der Waals surface area contributed by atoms with Crippen molar-refractivity contribution in [3.8, 4) is 0 Å². The zero-order valence-electron chi connectivity index (χ0n) is 1.99. The quantitative estimate of drug-likeness (QED) is 0.502. The standard InChI is InChI=1S/Cl3PS/c1-4(2,3)5/i5+0. The summed E-state index contributed by atoms with van der Waals surface area (Å²) in [6, 6.07) is 0. The Balaban J connectivity index is 3.47. The second-order valence-electron chi connectivity index (χ2n) is 0.399. The van der Waals surface area contributed by atoms with E-state index in [1.807, 2.05) is 0 Å². The van der Waals surface area contributed by atoms with Gasteiger partial charge in [0, 0.05) is 0 Å². The predicted octanol–water partition coefficient (Wildman–Crippen LogP) is 2.93. The maximum Gasteiger partial charge on any atom is 0.202 e. The van der Waals surface area contributed by atoms with Crippen LogP contribution in [0.4, 0.5) is 0 Å². The topological polar surface area (TPSA) is 0 Å². The lowest BCUT2D eigenvalue weighted by atomic mass is 30.1. The summed E-state index contributed by atoms with van der Waals surface area (Å²) in [4.78, 5) is 0. The van der Waals surface area contributed by atoms with Gasteiger partial charge in [0.25, 0.3) is 0 Å². The minimum absolute atomic E-state index is 2.39. The van der Waals surface area contributed by atoms with Gasteiger partial charge in [0.2, 0.25) is 4.10 Å². The SMILES string of the molecule is [32S]=P(Cl)(Cl)Cl. The molecule has 0 atom stereocenters. The van der Waals surface area contributed by atoms with E-state index in [0.717, 1.165) is 0 Å². The Morgan fingerprint density at radius 2 is 1.20 bits per heavy atom. The molecule has 0 fully saturated rings. The summed E-state index contributed by atoms with van der Waals surface area (Å²) in [6.45, 7) is 0. The van der Waals surface area contributed by atoms with Crippen LogP contribution in [0.1, 0.15) is 0 Å². The third kappa shape index (κ3) is 29.6. The van der Waals surface area contributed by atoms with Crippen LogP contribution < -0.4 is 0 Å². The fourth-order valence-electron chi connectivity index (χ4n) is 0. The molecule has 0 rings (SSSR count). The molecule has 0 aliphatic carbocycles. The predicted molar refractivity (Wildman–Crippen MR) is 31.8 cm³/mol. The molecular weight excluding hydrogens is 169 g/mol. The Bertz CT molecular complexity index is 53.0. The molecular formula is Cl3PS. The number of halogens is 3. The molecule has 0 aliphatic rings. The van der Waals surface area contributed by atoms with Crippen molar-refractivity contribution in [1.29, 1.82) is 0 Å². The van der Waals surface area contributed by atoms with Gasteiger partial charge in [0.05, 0.1) is 0 Å². The Labute approximate surface area is 49.8 Å². The van der Waals surface area contributed by atoms with Crippen LogP contribution in [-0.2, 0) is 11.8 Å². The molecule has 0 aromatic rings. The highest BCUT2D eigenvalue weighted by atomic mass is 36.1. The molecule has 0 nitrogen and oxygen atoms in total. The molecule has 5 heavy (non-hydrogen) atoms. The molecule has 0 heterocycles. The first-order valence-electron chi connectivity index (χ1n) is 0.690. The third-order valence-corrected chi connectivity index (χ3v) is 0. The van der Waals surface area contributed by atoms with Crippen molar-refractivity contribution in [3.05, 3.63) is 0 Å². The van der Waals surface area contributed by atoms with Crippen molar-refractivity contribution in [2.75, 3.05) is 0 Å². The van der Waals surface area contributed by atoms with Gasteiger partial charge in [-0.15, -0.1) is 0 Å². The van der Waals surface area contributed by atoms with Crippen molar-refractivity contribution < 1.29 is 0 Å². The Morgan fingerprint density at radius 3 is 1.20 bits per heavy atom. The molecule has 0 radical (unpaired) electrons. The van der Waals surface area contributed by atoms with Gasteiger partial charge in [-0.25, -0.2) is 0 Å². The molecule has 0 saturated carbocycles. The largest absolute Gasteiger partial charge is 0.202 e. The molecule has 0 aliphatic heterocycles. The smallest absolute Gasteiger partial charge is 0.0518 e. The Hall–Kier alpha value is 1.52. The van der Waals surface area contributed by atoms with Gasteiger partial charge in [0.1, 0.15) is 0 Å². The zero-order chi connectivity index (χ0) is 4.50. The molecule has 0 unspecified atom stereocenters. The van der Waals surface area contributed by atoms with Crippen LogP contribution in [-0.4, -0.2) is 0 Å². The maximum absolute atomic E-state index is 4.99. The van der Waals surface area contributed by atoms with Gasteiger partial charge in [-0.3, -0.25) is 0 Å². The maximum atomic E-state index is 4.99. The van der Waals surface area contributed by atoms with E-state index in [4.69, 9.17) is 33.7 Å². The van der Waals surface area contributed by atoms with Gasteiger partial charge in [0.15, 0.2) is 0 Å². The van der Waals surface area contributed by atoms with Gasteiger partial charge in [-0.1, -0.05) is 33.7 Å². The third-order valence-electron chi connectivity index (χ3n) is 0. The fourth-order valence-corrected chi connectivity index (χ4v) is 0. The molecule has 0 aromatic heterocycles. The van der Waals surface area contributed by atoms with Crippen molar-refractivity contribution in [2.24, 2.45) is 0 Å². The monoisotopic (exact) mass is 168 g/mol. The van der Waals surface area contributed by atoms with E-state index in [9.17, 15) is 0 Å². The van der Waals surface area contributed by atoms with Gasteiger partial charge in [-0.2, -0.15) is 0 Å². The summed E-state index contributed by atoms with van der Waals surface area (Å²) in [5.74, 6) is 0. The average molecular weight is 169 g/mol. The molecule has 32 valence electrons. The first kappa shape index (κ1) is 6.52. The second kappa shape index (κ2) is 1.99. The first-order valence-corrected chi connectivity index (χ1v) is 6.21. The van der Waals surface area contributed by atoms with E-state index in [1.54, 1.807) is 0 Å². The van der Waals surface area contributed by atoms with Crippen LogP contribution in [0.25, 0.3) is 0 Å². The lowest BCUT2D eigenvalue weighted by molar-refractivity contribution is 4.51. The van der Waals surface area contributed by atoms with Gasteiger partial charge < -0.3 is 0 Å².